The number of halogens is 2. The Labute approximate surface area is 75.5 Å². The third-order valence-corrected chi connectivity index (χ3v) is 2.01. The molecule has 0 bridgehead atoms. The number of nitrogens with zero attached hydrogens (tertiary/aromatic N) is 4. The van der Waals surface area contributed by atoms with Crippen LogP contribution in [0.25, 0.3) is 11.2 Å². The van der Waals surface area contributed by atoms with Crippen LogP contribution in [0, 0.1) is 0 Å². The van der Waals surface area contributed by atoms with E-state index < -0.39 is 0 Å². The van der Waals surface area contributed by atoms with E-state index >= 15 is 0 Å². The zero-order valence-corrected chi connectivity index (χ0v) is 7.28. The molecule has 0 saturated heterocycles. The van der Waals surface area contributed by atoms with Crippen LogP contribution in [0.3, 0.4) is 0 Å². The summed E-state index contributed by atoms with van der Waals surface area (Å²) in [5, 5.41) is 0.337. The molecule has 0 aliphatic heterocycles. The topological polar surface area (TPSA) is 51.6 Å². The van der Waals surface area contributed by atoms with E-state index in [0.717, 1.165) is 11.7 Å². The van der Waals surface area contributed by atoms with Crippen LogP contribution in [-0.4, -0.2) is 18.7 Å². The quantitative estimate of drug-likeness (QED) is 0.488. The van der Waals surface area contributed by atoms with Crippen molar-refractivity contribution in [2.45, 2.75) is 0 Å². The molecule has 0 aliphatic carbocycles. The van der Waals surface area contributed by atoms with Gasteiger partial charge in [-0.2, -0.15) is 13.7 Å². The van der Waals surface area contributed by atoms with Crippen LogP contribution in [0.5, 0.6) is 0 Å². The number of hydrogen-bond acceptors (Lipinski definition) is 5. The van der Waals surface area contributed by atoms with Gasteiger partial charge >= 0.3 is 0 Å². The van der Waals surface area contributed by atoms with Crippen molar-refractivity contribution >= 4 is 46.1 Å². The first-order valence-electron chi connectivity index (χ1n) is 2.58. The maximum absolute atomic E-state index is 5.67. The summed E-state index contributed by atoms with van der Waals surface area (Å²) < 4.78 is 7.73. The zero-order chi connectivity index (χ0) is 7.84. The van der Waals surface area contributed by atoms with Crippen LogP contribution >= 0.6 is 34.9 Å². The Balaban J connectivity index is 2.91. The Bertz CT molecular complexity index is 400. The van der Waals surface area contributed by atoms with Gasteiger partial charge in [-0.3, -0.25) is 0 Å². The first-order chi connectivity index (χ1) is 5.27. The molecule has 2 heterocycles. The molecule has 0 aliphatic rings. The number of rotatable bonds is 0. The summed E-state index contributed by atoms with van der Waals surface area (Å²) in [5.74, 6) is 0. The highest BCUT2D eigenvalue weighted by atomic mass is 35.5. The van der Waals surface area contributed by atoms with Gasteiger partial charge in [0.2, 0.25) is 5.28 Å². The fraction of sp³-hybridized carbons (Fsp3) is 0. The Hall–Kier alpha value is -0.520. The van der Waals surface area contributed by atoms with E-state index in [2.05, 4.69) is 18.7 Å². The minimum absolute atomic E-state index is 0.0928. The van der Waals surface area contributed by atoms with Gasteiger partial charge in [0.1, 0.15) is 0 Å². The molecule has 56 valence electrons. The van der Waals surface area contributed by atoms with Crippen molar-refractivity contribution in [2.24, 2.45) is 0 Å². The lowest BCUT2D eigenvalue weighted by molar-refractivity contribution is 1.20. The summed E-state index contributed by atoms with van der Waals surface area (Å²) in [7, 11) is 0. The predicted octanol–water partition coefficient (Wildman–Crippen LogP) is 1.79. The van der Waals surface area contributed by atoms with E-state index in [1.165, 1.54) is 0 Å². The summed E-state index contributed by atoms with van der Waals surface area (Å²) in [6.45, 7) is 0. The SMILES string of the molecule is Clc1nc(Cl)c2nsnc2n1. The van der Waals surface area contributed by atoms with Crippen molar-refractivity contribution in [3.8, 4) is 0 Å². The minimum atomic E-state index is 0.0928. The van der Waals surface area contributed by atoms with Crippen molar-refractivity contribution in [1.29, 1.82) is 0 Å². The van der Waals surface area contributed by atoms with Crippen molar-refractivity contribution in [2.75, 3.05) is 0 Å². The van der Waals surface area contributed by atoms with Crippen LogP contribution in [0.15, 0.2) is 0 Å². The molecule has 0 atom stereocenters. The molecule has 0 aromatic carbocycles. The van der Waals surface area contributed by atoms with Gasteiger partial charge in [0, 0.05) is 0 Å². The Morgan fingerprint density at radius 1 is 1.09 bits per heavy atom. The van der Waals surface area contributed by atoms with Crippen molar-refractivity contribution in [3.05, 3.63) is 10.4 Å². The fourth-order valence-corrected chi connectivity index (χ4v) is 1.59. The molecular formula is C4Cl2N4S. The lowest BCUT2D eigenvalue weighted by atomic mass is 10.6. The van der Waals surface area contributed by atoms with Gasteiger partial charge in [0.15, 0.2) is 16.3 Å². The first kappa shape index (κ1) is 7.15. The van der Waals surface area contributed by atoms with E-state index in [1.807, 2.05) is 0 Å². The van der Waals surface area contributed by atoms with Gasteiger partial charge in [0.25, 0.3) is 0 Å². The second kappa shape index (κ2) is 2.51. The molecular weight excluding hydrogens is 207 g/mol. The van der Waals surface area contributed by atoms with E-state index in [4.69, 9.17) is 23.2 Å². The highest BCUT2D eigenvalue weighted by molar-refractivity contribution is 7.00. The standard InChI is InChI=1S/C4Cl2N4S/c5-2-1-3(10-11-9-1)8-4(6)7-2. The Kier molecular flexibility index (Phi) is 1.63. The lowest BCUT2D eigenvalue weighted by Gasteiger charge is -1.89. The molecule has 4 nitrogen and oxygen atoms in total. The van der Waals surface area contributed by atoms with Gasteiger partial charge in [0.05, 0.1) is 11.7 Å². The Morgan fingerprint density at radius 2 is 1.91 bits per heavy atom. The normalized spacial score (nSPS) is 10.7. The summed E-state index contributed by atoms with van der Waals surface area (Å²) in [4.78, 5) is 7.50. The third-order valence-electron chi connectivity index (χ3n) is 1.06. The molecule has 0 N–H and O–H groups in total. The van der Waals surface area contributed by atoms with E-state index in [9.17, 15) is 0 Å². The predicted molar refractivity (Wildman–Crippen MR) is 43.0 cm³/mol. The van der Waals surface area contributed by atoms with Crippen molar-refractivity contribution in [3.63, 3.8) is 0 Å². The monoisotopic (exact) mass is 206 g/mol. The van der Waals surface area contributed by atoms with Crippen molar-refractivity contribution < 1.29 is 0 Å². The minimum Gasteiger partial charge on any atom is -0.203 e. The molecule has 2 aromatic heterocycles. The second-order valence-electron chi connectivity index (χ2n) is 1.72. The number of fused-ring (bicyclic) bond motifs is 1. The third kappa shape index (κ3) is 1.15. The summed E-state index contributed by atoms with van der Waals surface area (Å²) in [6.07, 6.45) is 0. The largest absolute Gasteiger partial charge is 0.226 e. The molecule has 0 saturated carbocycles. The van der Waals surface area contributed by atoms with E-state index in [-0.39, 0.29) is 10.4 Å². The lowest BCUT2D eigenvalue weighted by Crippen LogP contribution is -1.84. The number of aromatic nitrogens is 4. The highest BCUT2D eigenvalue weighted by Gasteiger charge is 2.07. The molecule has 0 fully saturated rings. The van der Waals surface area contributed by atoms with Crippen LogP contribution in [0.4, 0.5) is 0 Å². The zero-order valence-electron chi connectivity index (χ0n) is 4.95. The average molecular weight is 207 g/mol. The van der Waals surface area contributed by atoms with Crippen molar-refractivity contribution in [1.82, 2.24) is 18.7 Å². The van der Waals surface area contributed by atoms with E-state index in [1.54, 1.807) is 0 Å². The average Bonchev–Trinajstić information content (AvgIpc) is 2.34. The van der Waals surface area contributed by atoms with Crippen LogP contribution < -0.4 is 0 Å². The molecule has 2 rings (SSSR count). The summed E-state index contributed by atoms with van der Waals surface area (Å²) in [5.41, 5.74) is 0.945. The molecule has 2 aromatic rings. The van der Waals surface area contributed by atoms with Crippen LogP contribution in [-0.2, 0) is 0 Å². The van der Waals surface area contributed by atoms with Crippen LogP contribution in [0.1, 0.15) is 0 Å². The molecule has 0 spiro atoms. The van der Waals surface area contributed by atoms with Gasteiger partial charge < -0.3 is 0 Å². The molecule has 0 unspecified atom stereocenters. The number of hydrogen-bond donors (Lipinski definition) is 0. The van der Waals surface area contributed by atoms with E-state index in [0.29, 0.717) is 11.2 Å². The molecule has 11 heavy (non-hydrogen) atoms. The maximum Gasteiger partial charge on any atom is 0.226 e. The Morgan fingerprint density at radius 3 is 2.73 bits per heavy atom. The van der Waals surface area contributed by atoms with Gasteiger partial charge in [-0.15, -0.1) is 0 Å². The summed E-state index contributed by atoms with van der Waals surface area (Å²) >= 11 is 12.2. The summed E-state index contributed by atoms with van der Waals surface area (Å²) in [6, 6.07) is 0. The molecule has 0 amide bonds. The second-order valence-corrected chi connectivity index (χ2v) is 2.94. The smallest absolute Gasteiger partial charge is 0.203 e. The molecule has 0 radical (unpaired) electrons. The van der Waals surface area contributed by atoms with Gasteiger partial charge in [-0.25, -0.2) is 4.98 Å². The highest BCUT2D eigenvalue weighted by Crippen LogP contribution is 2.19. The molecule has 7 heteroatoms. The fourth-order valence-electron chi connectivity index (χ4n) is 0.634. The van der Waals surface area contributed by atoms with Gasteiger partial charge in [-0.05, 0) is 11.6 Å². The van der Waals surface area contributed by atoms with Crippen LogP contribution in [0.2, 0.25) is 10.4 Å². The van der Waals surface area contributed by atoms with Gasteiger partial charge in [-0.1, -0.05) is 11.6 Å². The first-order valence-corrected chi connectivity index (χ1v) is 4.07. The maximum atomic E-state index is 5.67.